The molecule has 2 aromatic rings. The predicted molar refractivity (Wildman–Crippen MR) is 84.6 cm³/mol. The summed E-state index contributed by atoms with van der Waals surface area (Å²) in [5, 5.41) is 19.0. The van der Waals surface area contributed by atoms with E-state index in [0.717, 1.165) is 5.69 Å². The summed E-state index contributed by atoms with van der Waals surface area (Å²) >= 11 is 0. The highest BCUT2D eigenvalue weighted by atomic mass is 16.4. The third kappa shape index (κ3) is 3.57. The van der Waals surface area contributed by atoms with E-state index in [1.807, 2.05) is 17.9 Å². The van der Waals surface area contributed by atoms with E-state index < -0.39 is 11.9 Å². The van der Waals surface area contributed by atoms with Crippen LogP contribution >= 0.6 is 0 Å². The molecule has 0 spiro atoms. The van der Waals surface area contributed by atoms with Gasteiger partial charge in [-0.25, -0.2) is 4.98 Å². The van der Waals surface area contributed by atoms with E-state index in [1.54, 1.807) is 12.3 Å². The van der Waals surface area contributed by atoms with Gasteiger partial charge in [0.2, 0.25) is 5.95 Å². The maximum Gasteiger partial charge on any atom is 0.308 e. The molecule has 2 unspecified atom stereocenters. The number of piperidine rings is 1. The van der Waals surface area contributed by atoms with Crippen LogP contribution in [0.5, 0.6) is 0 Å². The Balaban J connectivity index is 1.84. The summed E-state index contributed by atoms with van der Waals surface area (Å²) in [6.45, 7) is 2.76. The lowest BCUT2D eigenvalue weighted by Crippen LogP contribution is -2.49. The van der Waals surface area contributed by atoms with E-state index in [9.17, 15) is 9.90 Å². The van der Waals surface area contributed by atoms with Crippen LogP contribution in [0.2, 0.25) is 0 Å². The number of aryl methyl sites for hydroxylation is 1. The van der Waals surface area contributed by atoms with Gasteiger partial charge >= 0.3 is 5.97 Å². The fourth-order valence-electron chi connectivity index (χ4n) is 2.70. The van der Waals surface area contributed by atoms with Crippen LogP contribution in [0.3, 0.4) is 0 Å². The maximum absolute atomic E-state index is 11.3. The number of H-pyrrole nitrogens is 1. The molecule has 3 rings (SSSR count). The molecule has 1 saturated heterocycles. The summed E-state index contributed by atoms with van der Waals surface area (Å²) in [6, 6.07) is 3.38. The summed E-state index contributed by atoms with van der Waals surface area (Å²) in [4.78, 5) is 22.0. The Kier molecular flexibility index (Phi) is 4.11. The fourth-order valence-corrected chi connectivity index (χ4v) is 2.70. The van der Waals surface area contributed by atoms with E-state index in [2.05, 4.69) is 25.5 Å². The molecule has 0 saturated carbocycles. The number of aromatic amines is 1. The molecule has 0 bridgehead atoms. The molecule has 0 aromatic carbocycles. The van der Waals surface area contributed by atoms with Gasteiger partial charge < -0.3 is 21.1 Å². The van der Waals surface area contributed by atoms with Gasteiger partial charge in [0.05, 0.1) is 12.1 Å². The molecule has 3 heterocycles. The van der Waals surface area contributed by atoms with Gasteiger partial charge in [-0.05, 0) is 13.3 Å². The Hall–Kier alpha value is -2.68. The monoisotopic (exact) mass is 317 g/mol. The summed E-state index contributed by atoms with van der Waals surface area (Å²) in [5.74, 6) is 0.462. The van der Waals surface area contributed by atoms with Gasteiger partial charge in [-0.2, -0.15) is 10.1 Å². The number of nitrogens with one attached hydrogen (secondary N) is 2. The van der Waals surface area contributed by atoms with Gasteiger partial charge in [-0.1, -0.05) is 0 Å². The van der Waals surface area contributed by atoms with Crippen molar-refractivity contribution in [3.63, 3.8) is 0 Å². The average Bonchev–Trinajstić information content (AvgIpc) is 2.99. The summed E-state index contributed by atoms with van der Waals surface area (Å²) in [6.07, 6.45) is 2.11. The molecule has 1 fully saturated rings. The summed E-state index contributed by atoms with van der Waals surface area (Å²) in [5.41, 5.74) is 6.77. The molecule has 5 N–H and O–H groups in total. The smallest absolute Gasteiger partial charge is 0.308 e. The molecule has 122 valence electrons. The molecule has 0 aliphatic carbocycles. The largest absolute Gasteiger partial charge is 0.481 e. The van der Waals surface area contributed by atoms with Crippen molar-refractivity contribution in [1.82, 2.24) is 20.2 Å². The van der Waals surface area contributed by atoms with E-state index in [1.165, 1.54) is 0 Å². The first-order chi connectivity index (χ1) is 11.0. The van der Waals surface area contributed by atoms with Gasteiger partial charge in [0.25, 0.3) is 0 Å². The second-order valence-corrected chi connectivity index (χ2v) is 5.73. The van der Waals surface area contributed by atoms with Crippen LogP contribution in [-0.2, 0) is 4.79 Å². The molecule has 1 aliphatic heterocycles. The Bertz CT molecular complexity index is 688. The lowest BCUT2D eigenvalue weighted by molar-refractivity contribution is -0.142. The Morgan fingerprint density at radius 2 is 2.30 bits per heavy atom. The van der Waals surface area contributed by atoms with Crippen LogP contribution in [0.1, 0.15) is 12.1 Å². The van der Waals surface area contributed by atoms with Crippen LogP contribution in [0, 0.1) is 12.8 Å². The van der Waals surface area contributed by atoms with Crippen molar-refractivity contribution in [3.05, 3.63) is 24.0 Å². The van der Waals surface area contributed by atoms with Crippen molar-refractivity contribution in [2.75, 3.05) is 23.3 Å². The lowest BCUT2D eigenvalue weighted by Gasteiger charge is -2.34. The number of aliphatic carboxylic acids is 1. The molecule has 1 aliphatic rings. The van der Waals surface area contributed by atoms with E-state index >= 15 is 0 Å². The minimum absolute atomic E-state index is 0.210. The van der Waals surface area contributed by atoms with Crippen molar-refractivity contribution in [1.29, 1.82) is 0 Å². The number of hydrogen-bond acceptors (Lipinski definition) is 7. The standard InChI is InChI=1S/C14H19N7O2/c1-8-4-12(18-11-2-3-16-20-11)19-14(17-8)21-6-9(13(22)23)5-10(15)7-21/h2-4,9-10H,5-7,15H2,1H3,(H,22,23)(H2,16,17,18,19,20). The fraction of sp³-hybridized carbons (Fsp3) is 0.429. The number of nitrogens with zero attached hydrogens (tertiary/aromatic N) is 4. The molecular formula is C14H19N7O2. The van der Waals surface area contributed by atoms with Gasteiger partial charge in [0.15, 0.2) is 0 Å². The van der Waals surface area contributed by atoms with Crippen LogP contribution in [0.4, 0.5) is 17.6 Å². The second kappa shape index (κ2) is 6.21. The number of carbonyl (C=O) groups is 1. The second-order valence-electron chi connectivity index (χ2n) is 5.73. The first-order valence-corrected chi connectivity index (χ1v) is 7.36. The number of hydrogen-bond donors (Lipinski definition) is 4. The van der Waals surface area contributed by atoms with Crippen LogP contribution < -0.4 is 16.0 Å². The first-order valence-electron chi connectivity index (χ1n) is 7.36. The van der Waals surface area contributed by atoms with Gasteiger partial charge in [0.1, 0.15) is 11.6 Å². The zero-order valence-corrected chi connectivity index (χ0v) is 12.7. The topological polar surface area (TPSA) is 133 Å². The van der Waals surface area contributed by atoms with Crippen LogP contribution in [0.15, 0.2) is 18.3 Å². The van der Waals surface area contributed by atoms with Crippen molar-refractivity contribution in [2.24, 2.45) is 11.7 Å². The Morgan fingerprint density at radius 3 is 3.00 bits per heavy atom. The average molecular weight is 317 g/mol. The minimum Gasteiger partial charge on any atom is -0.481 e. The van der Waals surface area contributed by atoms with Crippen molar-refractivity contribution < 1.29 is 9.90 Å². The maximum atomic E-state index is 11.3. The van der Waals surface area contributed by atoms with E-state index in [0.29, 0.717) is 37.1 Å². The quantitative estimate of drug-likeness (QED) is 0.640. The molecule has 23 heavy (non-hydrogen) atoms. The lowest BCUT2D eigenvalue weighted by atomic mass is 9.95. The predicted octanol–water partition coefficient (Wildman–Crippen LogP) is 0.490. The third-order valence-corrected chi connectivity index (χ3v) is 3.72. The number of rotatable bonds is 4. The van der Waals surface area contributed by atoms with Crippen molar-refractivity contribution >= 4 is 23.6 Å². The molecule has 2 aromatic heterocycles. The van der Waals surface area contributed by atoms with Gasteiger partial charge in [-0.3, -0.25) is 9.89 Å². The highest BCUT2D eigenvalue weighted by Crippen LogP contribution is 2.22. The van der Waals surface area contributed by atoms with Gasteiger partial charge in [-0.15, -0.1) is 0 Å². The van der Waals surface area contributed by atoms with E-state index in [4.69, 9.17) is 5.73 Å². The number of anilines is 3. The van der Waals surface area contributed by atoms with Crippen molar-refractivity contribution in [2.45, 2.75) is 19.4 Å². The minimum atomic E-state index is -0.839. The zero-order chi connectivity index (χ0) is 16.4. The van der Waals surface area contributed by atoms with Crippen LogP contribution in [0.25, 0.3) is 0 Å². The molecule has 0 radical (unpaired) electrons. The molecule has 9 heteroatoms. The normalized spacial score (nSPS) is 21.2. The first kappa shape index (κ1) is 15.2. The van der Waals surface area contributed by atoms with Gasteiger partial charge in [0, 0.05) is 37.0 Å². The highest BCUT2D eigenvalue weighted by molar-refractivity contribution is 5.71. The molecule has 9 nitrogen and oxygen atoms in total. The zero-order valence-electron chi connectivity index (χ0n) is 12.7. The van der Waals surface area contributed by atoms with Crippen LogP contribution in [-0.4, -0.2) is 50.4 Å². The molecule has 0 amide bonds. The molecule has 2 atom stereocenters. The van der Waals surface area contributed by atoms with Crippen molar-refractivity contribution in [3.8, 4) is 0 Å². The summed E-state index contributed by atoms with van der Waals surface area (Å²) < 4.78 is 0. The molecular weight excluding hydrogens is 298 g/mol. The van der Waals surface area contributed by atoms with E-state index in [-0.39, 0.29) is 6.04 Å². The Morgan fingerprint density at radius 1 is 1.48 bits per heavy atom. The highest BCUT2D eigenvalue weighted by Gasteiger charge is 2.31. The third-order valence-electron chi connectivity index (χ3n) is 3.72. The Labute approximate surface area is 132 Å². The number of nitrogens with two attached hydrogens (primary N) is 1. The number of carboxylic acid groups (broad SMARTS) is 1. The number of carboxylic acids is 1. The summed E-state index contributed by atoms with van der Waals surface area (Å²) in [7, 11) is 0. The number of aromatic nitrogens is 4. The SMILES string of the molecule is Cc1cc(Nc2ccn[nH]2)nc(N2CC(N)CC(C(=O)O)C2)n1.